The van der Waals surface area contributed by atoms with Crippen LogP contribution in [0.5, 0.6) is 0 Å². The maximum atomic E-state index is 13.3. The molecule has 2 fully saturated rings. The molecule has 2 aliphatic rings. The van der Waals surface area contributed by atoms with Gasteiger partial charge in [0.2, 0.25) is 0 Å². The fourth-order valence-electron chi connectivity index (χ4n) is 5.90. The molecule has 11 nitrogen and oxygen atoms in total. The summed E-state index contributed by atoms with van der Waals surface area (Å²) in [6, 6.07) is 27.9. The molecule has 2 saturated heterocycles. The van der Waals surface area contributed by atoms with E-state index < -0.39 is 53.9 Å². The van der Waals surface area contributed by atoms with Gasteiger partial charge in [-0.05, 0) is 56.8 Å². The number of hydrogen-bond donors (Lipinski definition) is 0. The summed E-state index contributed by atoms with van der Waals surface area (Å²) in [5, 5.41) is 4.17. The summed E-state index contributed by atoms with van der Waals surface area (Å²) in [7, 11) is 0. The average molecular weight is 683 g/mol. The number of azide groups is 1. The van der Waals surface area contributed by atoms with Gasteiger partial charge in [0.25, 0.3) is 0 Å². The number of nitrogens with zero attached hydrogens (tertiary/aromatic N) is 4. The number of amides is 1. The van der Waals surface area contributed by atoms with Gasteiger partial charge in [-0.2, -0.15) is 0 Å². The summed E-state index contributed by atoms with van der Waals surface area (Å²) in [4.78, 5) is 18.0. The third-order valence-corrected chi connectivity index (χ3v) is 8.28. The van der Waals surface area contributed by atoms with Crippen molar-refractivity contribution in [3.63, 3.8) is 0 Å². The Balaban J connectivity index is 1.47. The number of carbonyl (C=O) groups is 1. The van der Waals surface area contributed by atoms with E-state index in [2.05, 4.69) is 21.9 Å². The van der Waals surface area contributed by atoms with Crippen molar-refractivity contribution in [2.45, 2.75) is 102 Å². The molecule has 1 amide bonds. The van der Waals surface area contributed by atoms with Crippen LogP contribution < -0.4 is 0 Å². The van der Waals surface area contributed by atoms with Crippen LogP contribution in [0.4, 0.5) is 4.79 Å². The molecule has 5 rings (SSSR count). The Hall–Kier alpha value is -4.40. The van der Waals surface area contributed by atoms with Crippen LogP contribution in [-0.4, -0.2) is 72.0 Å². The van der Waals surface area contributed by atoms with E-state index in [0.717, 1.165) is 16.7 Å². The normalized spacial score (nSPS) is 24.5. The number of benzene rings is 3. The van der Waals surface area contributed by atoms with Crippen LogP contribution in [-0.2, 0) is 48.2 Å². The van der Waals surface area contributed by atoms with Crippen molar-refractivity contribution in [3.8, 4) is 11.8 Å². The van der Waals surface area contributed by atoms with Gasteiger partial charge in [-0.1, -0.05) is 108 Å². The molecule has 0 aliphatic carbocycles. The van der Waals surface area contributed by atoms with Crippen LogP contribution in [0.3, 0.4) is 0 Å². The molecule has 2 aliphatic heterocycles. The van der Waals surface area contributed by atoms with Gasteiger partial charge in [-0.25, -0.2) is 4.79 Å². The van der Waals surface area contributed by atoms with Crippen LogP contribution in [0.25, 0.3) is 10.4 Å². The second-order valence-electron chi connectivity index (χ2n) is 13.7. The highest BCUT2D eigenvalue weighted by atomic mass is 16.6. The van der Waals surface area contributed by atoms with Crippen molar-refractivity contribution >= 4 is 6.09 Å². The van der Waals surface area contributed by atoms with Gasteiger partial charge in [-0.3, -0.25) is 4.90 Å². The van der Waals surface area contributed by atoms with Gasteiger partial charge in [0, 0.05) is 4.91 Å². The molecular formula is C39H46N4O7. The number of hydrogen-bond acceptors (Lipinski definition) is 8. The molecule has 0 spiro atoms. The van der Waals surface area contributed by atoms with Crippen molar-refractivity contribution in [3.05, 3.63) is 118 Å². The standard InChI is InChI=1S/C39H46N4O7/c1-38(2,3)50-37(44)43-31(26-48-39(43,4)5)21-22-32-34(41-42-40)36(47-25-30-19-13-8-14-20-30)35(46-24-29-17-11-7-12-18-29)33(49-32)27-45-23-28-15-9-6-10-16-28/h6-20,31-36H,23-27H2,1-5H3/t31-,32-,33+,34-,35+,36+/m0/s1. The van der Waals surface area contributed by atoms with Crippen LogP contribution in [0, 0.1) is 11.8 Å². The molecule has 0 saturated carbocycles. The van der Waals surface area contributed by atoms with E-state index in [1.165, 1.54) is 4.90 Å². The molecular weight excluding hydrogens is 636 g/mol. The summed E-state index contributed by atoms with van der Waals surface area (Å²) in [5.74, 6) is 6.37. The van der Waals surface area contributed by atoms with Gasteiger partial charge in [0.05, 0.1) is 39.1 Å². The highest BCUT2D eigenvalue weighted by Crippen LogP contribution is 2.32. The molecule has 0 aromatic heterocycles. The molecule has 0 bridgehead atoms. The first-order valence-electron chi connectivity index (χ1n) is 16.8. The maximum absolute atomic E-state index is 13.3. The van der Waals surface area contributed by atoms with Gasteiger partial charge >= 0.3 is 6.09 Å². The molecule has 264 valence electrons. The maximum Gasteiger partial charge on any atom is 0.413 e. The molecule has 6 atom stereocenters. The minimum atomic E-state index is -0.954. The highest BCUT2D eigenvalue weighted by Gasteiger charge is 2.48. The predicted molar refractivity (Wildman–Crippen MR) is 187 cm³/mol. The molecule has 3 aromatic carbocycles. The lowest BCUT2D eigenvalue weighted by atomic mass is 9.92. The highest BCUT2D eigenvalue weighted by molar-refractivity contribution is 5.70. The SMILES string of the molecule is CC(C)(C)OC(=O)N1[C@@H](C#C[C@@H]2O[C@H](COCc3ccccc3)[C@@H](OCc3ccccc3)[C@H](OCc3ccccc3)[C@H]2N=[N+]=[N-])COC1(C)C. The Morgan fingerprint density at radius 3 is 1.96 bits per heavy atom. The molecule has 0 radical (unpaired) electrons. The van der Waals surface area contributed by atoms with Gasteiger partial charge < -0.3 is 28.4 Å². The first-order chi connectivity index (χ1) is 24.0. The first kappa shape index (κ1) is 36.9. The van der Waals surface area contributed by atoms with E-state index in [1.54, 1.807) is 13.8 Å². The van der Waals surface area contributed by atoms with Crippen LogP contribution >= 0.6 is 0 Å². The second kappa shape index (κ2) is 17.0. The second-order valence-corrected chi connectivity index (χ2v) is 13.7. The molecule has 0 N–H and O–H groups in total. The van der Waals surface area contributed by atoms with Crippen molar-refractivity contribution in [1.29, 1.82) is 0 Å². The quantitative estimate of drug-likeness (QED) is 0.0907. The van der Waals surface area contributed by atoms with Crippen LogP contribution in [0.15, 0.2) is 96.1 Å². The van der Waals surface area contributed by atoms with Gasteiger partial charge in [0.15, 0.2) is 0 Å². The summed E-state index contributed by atoms with van der Waals surface area (Å²) < 4.78 is 37.6. The lowest BCUT2D eigenvalue weighted by Crippen LogP contribution is -2.59. The predicted octanol–water partition coefficient (Wildman–Crippen LogP) is 7.20. The average Bonchev–Trinajstić information content (AvgIpc) is 3.41. The Morgan fingerprint density at radius 2 is 1.42 bits per heavy atom. The van der Waals surface area contributed by atoms with E-state index in [4.69, 9.17) is 28.4 Å². The zero-order valence-electron chi connectivity index (χ0n) is 29.3. The van der Waals surface area contributed by atoms with E-state index >= 15 is 0 Å². The molecule has 50 heavy (non-hydrogen) atoms. The minimum absolute atomic E-state index is 0.157. The monoisotopic (exact) mass is 682 g/mol. The van der Waals surface area contributed by atoms with Crippen molar-refractivity contribution < 1.29 is 33.2 Å². The van der Waals surface area contributed by atoms with Crippen LogP contribution in [0.1, 0.15) is 51.3 Å². The summed E-state index contributed by atoms with van der Waals surface area (Å²) >= 11 is 0. The molecule has 11 heteroatoms. The number of rotatable bonds is 11. The molecule has 0 unspecified atom stereocenters. The van der Waals surface area contributed by atoms with Crippen molar-refractivity contribution in [2.75, 3.05) is 13.2 Å². The third kappa shape index (κ3) is 10.1. The molecule has 3 aromatic rings. The smallest absolute Gasteiger partial charge is 0.413 e. The topological polar surface area (TPSA) is 124 Å². The van der Waals surface area contributed by atoms with Gasteiger partial charge in [-0.15, -0.1) is 0 Å². The Kier molecular flexibility index (Phi) is 12.5. The van der Waals surface area contributed by atoms with Gasteiger partial charge in [0.1, 0.15) is 41.7 Å². The summed E-state index contributed by atoms with van der Waals surface area (Å²) in [6.07, 6.45) is -3.55. The zero-order valence-corrected chi connectivity index (χ0v) is 29.3. The Bertz CT molecular complexity index is 1630. The molecule has 2 heterocycles. The lowest BCUT2D eigenvalue weighted by Gasteiger charge is -2.43. The van der Waals surface area contributed by atoms with E-state index in [-0.39, 0.29) is 26.4 Å². The summed E-state index contributed by atoms with van der Waals surface area (Å²) in [5.41, 5.74) is 11.0. The van der Waals surface area contributed by atoms with E-state index in [0.29, 0.717) is 6.61 Å². The summed E-state index contributed by atoms with van der Waals surface area (Å²) in [6.45, 7) is 10.2. The number of carbonyl (C=O) groups excluding carboxylic acids is 1. The first-order valence-corrected chi connectivity index (χ1v) is 16.8. The van der Waals surface area contributed by atoms with Crippen LogP contribution in [0.2, 0.25) is 0 Å². The minimum Gasteiger partial charge on any atom is -0.444 e. The van der Waals surface area contributed by atoms with E-state index in [1.807, 2.05) is 112 Å². The lowest BCUT2D eigenvalue weighted by molar-refractivity contribution is -0.217. The zero-order chi connectivity index (χ0) is 35.6. The Labute approximate surface area is 294 Å². The third-order valence-electron chi connectivity index (χ3n) is 8.28. The Morgan fingerprint density at radius 1 is 0.880 bits per heavy atom. The van der Waals surface area contributed by atoms with E-state index in [9.17, 15) is 10.3 Å². The van der Waals surface area contributed by atoms with Crippen molar-refractivity contribution in [1.82, 2.24) is 4.90 Å². The fraction of sp³-hybridized carbons (Fsp3) is 0.462. The van der Waals surface area contributed by atoms with Crippen molar-refractivity contribution in [2.24, 2.45) is 5.11 Å². The fourth-order valence-corrected chi connectivity index (χ4v) is 5.90. The largest absolute Gasteiger partial charge is 0.444 e. The number of ether oxygens (including phenoxy) is 6.